The maximum atomic E-state index is 5.37. The van der Waals surface area contributed by atoms with Crippen LogP contribution in [0.1, 0.15) is 6.42 Å². The third kappa shape index (κ3) is 5.34. The summed E-state index contributed by atoms with van der Waals surface area (Å²) in [6, 6.07) is 9.47. The molecule has 0 radical (unpaired) electrons. The second-order valence-corrected chi connectivity index (χ2v) is 3.35. The fourth-order valence-electron chi connectivity index (χ4n) is 1.04. The number of ether oxygens (including phenoxy) is 2. The lowest BCUT2D eigenvalue weighted by Gasteiger charge is -2.08. The first-order chi connectivity index (χ1) is 7.33. The van der Waals surface area contributed by atoms with E-state index in [1.54, 1.807) is 7.11 Å². The minimum absolute atomic E-state index is 0.400. The largest absolute Gasteiger partial charge is 0.432 e. The maximum absolute atomic E-state index is 5.37. The summed E-state index contributed by atoms with van der Waals surface area (Å²) in [6.07, 6.45) is 0.911. The Morgan fingerprint density at radius 1 is 1.33 bits per heavy atom. The molecule has 4 heteroatoms. The first-order valence-corrected chi connectivity index (χ1v) is 5.23. The Morgan fingerprint density at radius 3 is 2.73 bits per heavy atom. The molecule has 0 unspecified atom stereocenters. The summed E-state index contributed by atoms with van der Waals surface area (Å²) >= 11 is 5.01. The minimum Gasteiger partial charge on any atom is -0.432 e. The number of nitrogens with one attached hydrogen (secondary N) is 1. The second-order valence-electron chi connectivity index (χ2n) is 2.98. The van der Waals surface area contributed by atoms with Crippen molar-refractivity contribution in [1.29, 1.82) is 0 Å². The van der Waals surface area contributed by atoms with Crippen molar-refractivity contribution in [2.24, 2.45) is 0 Å². The number of methoxy groups -OCH3 is 1. The van der Waals surface area contributed by atoms with Crippen LogP contribution in [0.2, 0.25) is 0 Å². The van der Waals surface area contributed by atoms with Gasteiger partial charge in [-0.25, -0.2) is 0 Å². The average Bonchev–Trinajstić information content (AvgIpc) is 2.26. The van der Waals surface area contributed by atoms with Crippen LogP contribution in [-0.2, 0) is 4.74 Å². The van der Waals surface area contributed by atoms with E-state index in [1.165, 1.54) is 0 Å². The van der Waals surface area contributed by atoms with Crippen molar-refractivity contribution in [3.8, 4) is 5.75 Å². The third-order valence-electron chi connectivity index (χ3n) is 1.75. The van der Waals surface area contributed by atoms with Crippen molar-refractivity contribution >= 4 is 17.4 Å². The molecule has 0 bridgehead atoms. The SMILES string of the molecule is COCCCNC(=S)Oc1ccccc1. The van der Waals surface area contributed by atoms with Crippen molar-refractivity contribution in [2.45, 2.75) is 6.42 Å². The molecular weight excluding hydrogens is 210 g/mol. The van der Waals surface area contributed by atoms with Crippen LogP contribution in [0.25, 0.3) is 0 Å². The molecule has 0 amide bonds. The molecule has 0 aromatic heterocycles. The van der Waals surface area contributed by atoms with Gasteiger partial charge < -0.3 is 14.8 Å². The van der Waals surface area contributed by atoms with Gasteiger partial charge >= 0.3 is 0 Å². The summed E-state index contributed by atoms with van der Waals surface area (Å²) < 4.78 is 10.3. The van der Waals surface area contributed by atoms with E-state index in [1.807, 2.05) is 30.3 Å². The molecule has 1 aromatic rings. The number of benzene rings is 1. The smallest absolute Gasteiger partial charge is 0.262 e. The van der Waals surface area contributed by atoms with Crippen LogP contribution < -0.4 is 10.1 Å². The van der Waals surface area contributed by atoms with Crippen LogP contribution in [0.4, 0.5) is 0 Å². The molecule has 0 aliphatic rings. The second kappa shape index (κ2) is 7.20. The zero-order valence-electron chi connectivity index (χ0n) is 8.73. The molecule has 3 nitrogen and oxygen atoms in total. The highest BCUT2D eigenvalue weighted by Crippen LogP contribution is 2.07. The summed E-state index contributed by atoms with van der Waals surface area (Å²) in [5.41, 5.74) is 0. The monoisotopic (exact) mass is 225 g/mol. The van der Waals surface area contributed by atoms with Crippen molar-refractivity contribution in [3.05, 3.63) is 30.3 Å². The van der Waals surface area contributed by atoms with Gasteiger partial charge in [-0.2, -0.15) is 0 Å². The fraction of sp³-hybridized carbons (Fsp3) is 0.364. The van der Waals surface area contributed by atoms with Crippen molar-refractivity contribution in [1.82, 2.24) is 5.32 Å². The van der Waals surface area contributed by atoms with Gasteiger partial charge in [-0.3, -0.25) is 0 Å². The molecule has 0 saturated heterocycles. The van der Waals surface area contributed by atoms with Gasteiger partial charge in [0.15, 0.2) is 0 Å². The van der Waals surface area contributed by atoms with Crippen LogP contribution in [0.3, 0.4) is 0 Å². The zero-order chi connectivity index (χ0) is 10.9. The van der Waals surface area contributed by atoms with Gasteiger partial charge in [0.05, 0.1) is 0 Å². The van der Waals surface area contributed by atoms with Gasteiger partial charge in [-0.05, 0) is 30.8 Å². The van der Waals surface area contributed by atoms with E-state index < -0.39 is 0 Å². The van der Waals surface area contributed by atoms with E-state index in [0.717, 1.165) is 25.3 Å². The standard InChI is InChI=1S/C11H15NO2S/c1-13-9-5-8-12-11(15)14-10-6-3-2-4-7-10/h2-4,6-7H,5,8-9H2,1H3,(H,12,15). The highest BCUT2D eigenvalue weighted by Gasteiger charge is 1.97. The lowest BCUT2D eigenvalue weighted by molar-refractivity contribution is 0.195. The first kappa shape index (κ1) is 11.9. The Labute approximate surface area is 95.4 Å². The van der Waals surface area contributed by atoms with Gasteiger partial charge in [-0.15, -0.1) is 0 Å². The summed E-state index contributed by atoms with van der Waals surface area (Å²) in [4.78, 5) is 0. The molecule has 0 heterocycles. The van der Waals surface area contributed by atoms with Gasteiger partial charge in [0.2, 0.25) is 0 Å². The number of thiocarbonyl (C=S) groups is 1. The topological polar surface area (TPSA) is 30.5 Å². The molecule has 1 rings (SSSR count). The average molecular weight is 225 g/mol. The van der Waals surface area contributed by atoms with Gasteiger partial charge in [0, 0.05) is 20.3 Å². The summed E-state index contributed by atoms with van der Waals surface area (Å²) in [6.45, 7) is 1.49. The predicted octanol–water partition coefficient (Wildman–Crippen LogP) is 1.98. The van der Waals surface area contributed by atoms with E-state index in [0.29, 0.717) is 5.17 Å². The Bertz CT molecular complexity index is 290. The molecule has 0 atom stereocenters. The Balaban J connectivity index is 2.19. The number of hydrogen-bond donors (Lipinski definition) is 1. The van der Waals surface area contributed by atoms with Crippen molar-refractivity contribution < 1.29 is 9.47 Å². The molecular formula is C11H15NO2S. The van der Waals surface area contributed by atoms with Crippen molar-refractivity contribution in [3.63, 3.8) is 0 Å². The molecule has 15 heavy (non-hydrogen) atoms. The maximum Gasteiger partial charge on any atom is 0.262 e. The van der Waals surface area contributed by atoms with Crippen LogP contribution in [0.5, 0.6) is 5.75 Å². The minimum atomic E-state index is 0.400. The number of hydrogen-bond acceptors (Lipinski definition) is 3. The van der Waals surface area contributed by atoms with Crippen LogP contribution in [-0.4, -0.2) is 25.4 Å². The highest BCUT2D eigenvalue weighted by atomic mass is 32.1. The normalized spacial score (nSPS) is 9.67. The van der Waals surface area contributed by atoms with Crippen LogP contribution in [0.15, 0.2) is 30.3 Å². The Kier molecular flexibility index (Phi) is 5.73. The summed E-state index contributed by atoms with van der Waals surface area (Å²) in [5, 5.41) is 3.40. The molecule has 0 spiro atoms. The third-order valence-corrected chi connectivity index (χ3v) is 1.98. The molecule has 1 N–H and O–H groups in total. The lowest BCUT2D eigenvalue weighted by Crippen LogP contribution is -2.27. The molecule has 1 aromatic carbocycles. The quantitative estimate of drug-likeness (QED) is 0.613. The van der Waals surface area contributed by atoms with E-state index >= 15 is 0 Å². The summed E-state index contributed by atoms with van der Waals surface area (Å²) in [5.74, 6) is 0.752. The number of rotatable bonds is 5. The highest BCUT2D eigenvalue weighted by molar-refractivity contribution is 7.80. The molecule has 0 aliphatic carbocycles. The molecule has 0 fully saturated rings. The lowest BCUT2D eigenvalue weighted by atomic mass is 10.3. The fourth-order valence-corrected chi connectivity index (χ4v) is 1.24. The Morgan fingerprint density at radius 2 is 2.07 bits per heavy atom. The van der Waals surface area contributed by atoms with Crippen molar-refractivity contribution in [2.75, 3.05) is 20.3 Å². The van der Waals surface area contributed by atoms with Gasteiger partial charge in [-0.1, -0.05) is 18.2 Å². The van der Waals surface area contributed by atoms with Crippen LogP contribution >= 0.6 is 12.2 Å². The predicted molar refractivity (Wildman–Crippen MR) is 64.2 cm³/mol. The van der Waals surface area contributed by atoms with E-state index in [9.17, 15) is 0 Å². The van der Waals surface area contributed by atoms with Crippen LogP contribution in [0, 0.1) is 0 Å². The zero-order valence-corrected chi connectivity index (χ0v) is 9.55. The van der Waals surface area contributed by atoms with E-state index in [2.05, 4.69) is 5.32 Å². The first-order valence-electron chi connectivity index (χ1n) is 4.82. The van der Waals surface area contributed by atoms with Gasteiger partial charge in [0.25, 0.3) is 5.17 Å². The van der Waals surface area contributed by atoms with E-state index in [-0.39, 0.29) is 0 Å². The Hall–Kier alpha value is -1.13. The molecule has 0 saturated carbocycles. The molecule has 82 valence electrons. The van der Waals surface area contributed by atoms with Gasteiger partial charge in [0.1, 0.15) is 5.75 Å². The number of para-hydroxylation sites is 1. The van der Waals surface area contributed by atoms with E-state index in [4.69, 9.17) is 21.7 Å². The molecule has 0 aliphatic heterocycles. The summed E-state index contributed by atoms with van der Waals surface area (Å²) in [7, 11) is 1.68.